The summed E-state index contributed by atoms with van der Waals surface area (Å²) in [5, 5.41) is 8.90. The lowest BCUT2D eigenvalue weighted by molar-refractivity contribution is 0.616. The van der Waals surface area contributed by atoms with Crippen LogP contribution in [0.2, 0.25) is 0 Å². The Hall–Kier alpha value is -2.99. The Balaban J connectivity index is 2.09. The van der Waals surface area contributed by atoms with Crippen molar-refractivity contribution in [2.75, 3.05) is 0 Å². The Labute approximate surface area is 127 Å². The van der Waals surface area contributed by atoms with Gasteiger partial charge in [-0.05, 0) is 35.4 Å². The molecule has 0 aliphatic heterocycles. The molecule has 0 amide bonds. The predicted molar refractivity (Wildman–Crippen MR) is 81.9 cm³/mol. The molecule has 0 saturated carbocycles. The van der Waals surface area contributed by atoms with Crippen molar-refractivity contribution in [1.82, 2.24) is 0 Å². The largest absolute Gasteiger partial charge is 0.206 e. The van der Waals surface area contributed by atoms with Gasteiger partial charge < -0.3 is 0 Å². The Bertz CT molecular complexity index is 864. The Morgan fingerprint density at radius 3 is 2.14 bits per heavy atom. The van der Waals surface area contributed by atoms with Gasteiger partial charge in [0.2, 0.25) is 0 Å². The fourth-order valence-electron chi connectivity index (χ4n) is 2.34. The van der Waals surface area contributed by atoms with Gasteiger partial charge in [-0.3, -0.25) is 0 Å². The molecule has 3 aromatic carbocycles. The minimum atomic E-state index is -0.551. The molecule has 0 heterocycles. The number of hydrogen-bond donors (Lipinski definition) is 0. The second-order valence-corrected chi connectivity index (χ2v) is 4.87. The summed E-state index contributed by atoms with van der Waals surface area (Å²) in [4.78, 5) is 0. The summed E-state index contributed by atoms with van der Waals surface area (Å²) in [6.45, 7) is 0. The van der Waals surface area contributed by atoms with E-state index in [1.54, 1.807) is 6.07 Å². The van der Waals surface area contributed by atoms with Gasteiger partial charge in [0, 0.05) is 11.1 Å². The molecule has 0 fully saturated rings. The van der Waals surface area contributed by atoms with Gasteiger partial charge in [-0.15, -0.1) is 0 Å². The summed E-state index contributed by atoms with van der Waals surface area (Å²) >= 11 is 0. The zero-order valence-electron chi connectivity index (χ0n) is 11.6. The molecule has 3 heteroatoms. The number of nitriles is 1. The predicted octanol–water partition coefficient (Wildman–Crippen LogP) is 5.17. The van der Waals surface area contributed by atoms with E-state index in [4.69, 9.17) is 5.26 Å². The van der Waals surface area contributed by atoms with E-state index in [9.17, 15) is 8.78 Å². The molecule has 0 aliphatic carbocycles. The molecular weight excluding hydrogens is 280 g/mol. The first-order valence-electron chi connectivity index (χ1n) is 6.74. The number of nitrogens with zero attached hydrogens (tertiary/aromatic N) is 1. The molecule has 1 nitrogen and oxygen atoms in total. The number of rotatable bonds is 2. The minimum Gasteiger partial charge on any atom is -0.206 e. The number of hydrogen-bond acceptors (Lipinski definition) is 1. The maximum Gasteiger partial charge on any atom is 0.131 e. The molecule has 22 heavy (non-hydrogen) atoms. The molecule has 3 rings (SSSR count). The monoisotopic (exact) mass is 291 g/mol. The van der Waals surface area contributed by atoms with Crippen molar-refractivity contribution in [1.29, 1.82) is 5.26 Å². The Morgan fingerprint density at radius 2 is 1.45 bits per heavy atom. The van der Waals surface area contributed by atoms with Crippen molar-refractivity contribution in [3.05, 3.63) is 83.9 Å². The molecule has 0 bridgehead atoms. The van der Waals surface area contributed by atoms with E-state index in [-0.39, 0.29) is 11.1 Å². The molecular formula is C19H11F2N. The molecule has 0 radical (unpaired) electrons. The van der Waals surface area contributed by atoms with Crippen LogP contribution in [0.25, 0.3) is 22.3 Å². The van der Waals surface area contributed by atoms with Crippen molar-refractivity contribution in [3.8, 4) is 28.3 Å². The second-order valence-electron chi connectivity index (χ2n) is 4.87. The normalized spacial score (nSPS) is 10.2. The van der Waals surface area contributed by atoms with E-state index in [0.717, 1.165) is 11.1 Å². The van der Waals surface area contributed by atoms with Crippen LogP contribution in [0.4, 0.5) is 8.78 Å². The van der Waals surface area contributed by atoms with Crippen molar-refractivity contribution in [2.45, 2.75) is 0 Å². The summed E-state index contributed by atoms with van der Waals surface area (Å²) in [7, 11) is 0. The molecule has 0 atom stereocenters. The van der Waals surface area contributed by atoms with Crippen molar-refractivity contribution >= 4 is 0 Å². The van der Waals surface area contributed by atoms with Crippen molar-refractivity contribution in [2.24, 2.45) is 0 Å². The van der Waals surface area contributed by atoms with Crippen molar-refractivity contribution in [3.63, 3.8) is 0 Å². The third kappa shape index (κ3) is 2.59. The highest BCUT2D eigenvalue weighted by Gasteiger charge is 2.12. The van der Waals surface area contributed by atoms with Gasteiger partial charge in [0.1, 0.15) is 11.6 Å². The molecule has 0 aromatic heterocycles. The molecule has 0 saturated heterocycles. The molecule has 106 valence electrons. The lowest BCUT2D eigenvalue weighted by Gasteiger charge is -2.08. The average Bonchev–Trinajstić information content (AvgIpc) is 2.56. The zero-order valence-corrected chi connectivity index (χ0v) is 11.6. The fourth-order valence-corrected chi connectivity index (χ4v) is 2.34. The molecule has 0 unspecified atom stereocenters. The highest BCUT2D eigenvalue weighted by Crippen LogP contribution is 2.30. The first-order chi connectivity index (χ1) is 10.7. The topological polar surface area (TPSA) is 23.8 Å². The van der Waals surface area contributed by atoms with Gasteiger partial charge in [-0.2, -0.15) is 5.26 Å². The standard InChI is InChI=1S/C19H11F2N/c20-18-9-6-13(12-22)10-17(18)16-8-7-15(11-19(16)21)14-4-2-1-3-5-14/h1-11H. The number of benzene rings is 3. The number of halogens is 2. The molecule has 0 N–H and O–H groups in total. The van der Waals surface area contributed by atoms with Crippen LogP contribution in [0.5, 0.6) is 0 Å². The van der Waals surface area contributed by atoms with E-state index in [1.165, 1.54) is 30.3 Å². The first-order valence-corrected chi connectivity index (χ1v) is 6.74. The quantitative estimate of drug-likeness (QED) is 0.639. The summed E-state index contributed by atoms with van der Waals surface area (Å²) in [6.07, 6.45) is 0. The first kappa shape index (κ1) is 14.0. The van der Waals surface area contributed by atoms with E-state index in [0.29, 0.717) is 5.56 Å². The fraction of sp³-hybridized carbons (Fsp3) is 0. The van der Waals surface area contributed by atoms with Crippen LogP contribution in [0.1, 0.15) is 5.56 Å². The van der Waals surface area contributed by atoms with E-state index in [1.807, 2.05) is 36.4 Å². The van der Waals surface area contributed by atoms with Crippen LogP contribution < -0.4 is 0 Å². The average molecular weight is 291 g/mol. The molecule has 3 aromatic rings. The smallest absolute Gasteiger partial charge is 0.131 e. The maximum atomic E-state index is 14.4. The van der Waals surface area contributed by atoms with E-state index >= 15 is 0 Å². The zero-order chi connectivity index (χ0) is 15.5. The summed E-state index contributed by atoms with van der Waals surface area (Å²) in [5.74, 6) is -1.07. The lowest BCUT2D eigenvalue weighted by atomic mass is 9.98. The summed E-state index contributed by atoms with van der Waals surface area (Å²) < 4.78 is 28.3. The van der Waals surface area contributed by atoms with Gasteiger partial charge in [0.25, 0.3) is 0 Å². The third-order valence-corrected chi connectivity index (χ3v) is 3.46. The van der Waals surface area contributed by atoms with Crippen LogP contribution in [0.15, 0.2) is 66.7 Å². The second kappa shape index (κ2) is 5.79. The van der Waals surface area contributed by atoms with Crippen LogP contribution in [-0.2, 0) is 0 Å². The van der Waals surface area contributed by atoms with Crippen LogP contribution in [0.3, 0.4) is 0 Å². The Kier molecular flexibility index (Phi) is 3.67. The lowest BCUT2D eigenvalue weighted by Crippen LogP contribution is -1.91. The van der Waals surface area contributed by atoms with Crippen LogP contribution in [0, 0.1) is 23.0 Å². The van der Waals surface area contributed by atoms with Gasteiger partial charge in [-0.1, -0.05) is 42.5 Å². The molecule has 0 aliphatic rings. The minimum absolute atomic E-state index is 0.0937. The highest BCUT2D eigenvalue weighted by atomic mass is 19.1. The van der Waals surface area contributed by atoms with Gasteiger partial charge in [0.05, 0.1) is 11.6 Å². The third-order valence-electron chi connectivity index (χ3n) is 3.46. The van der Waals surface area contributed by atoms with Gasteiger partial charge in [0.15, 0.2) is 0 Å². The Morgan fingerprint density at radius 1 is 0.682 bits per heavy atom. The van der Waals surface area contributed by atoms with Gasteiger partial charge in [-0.25, -0.2) is 8.78 Å². The van der Waals surface area contributed by atoms with E-state index in [2.05, 4.69) is 0 Å². The SMILES string of the molecule is N#Cc1ccc(F)c(-c2ccc(-c3ccccc3)cc2F)c1. The van der Waals surface area contributed by atoms with Crippen LogP contribution >= 0.6 is 0 Å². The van der Waals surface area contributed by atoms with E-state index < -0.39 is 11.6 Å². The van der Waals surface area contributed by atoms with Crippen molar-refractivity contribution < 1.29 is 8.78 Å². The van der Waals surface area contributed by atoms with Gasteiger partial charge >= 0.3 is 0 Å². The summed E-state index contributed by atoms with van der Waals surface area (Å²) in [5.41, 5.74) is 2.14. The van der Waals surface area contributed by atoms with Crippen LogP contribution in [-0.4, -0.2) is 0 Å². The highest BCUT2D eigenvalue weighted by molar-refractivity contribution is 5.72. The summed E-state index contributed by atoms with van der Waals surface area (Å²) in [6, 6.07) is 19.9. The molecule has 0 spiro atoms. The maximum absolute atomic E-state index is 14.4.